The summed E-state index contributed by atoms with van der Waals surface area (Å²) in [5, 5.41) is 0. The van der Waals surface area contributed by atoms with Crippen LogP contribution in [0.25, 0.3) is 0 Å². The first-order chi connectivity index (χ1) is 9.95. The summed E-state index contributed by atoms with van der Waals surface area (Å²) >= 11 is 0. The molecule has 0 aliphatic heterocycles. The minimum Gasteiger partial charge on any atom is -0.327 e. The van der Waals surface area contributed by atoms with Crippen molar-refractivity contribution in [1.82, 2.24) is 0 Å². The van der Waals surface area contributed by atoms with Gasteiger partial charge in [-0.05, 0) is 79.1 Å². The van der Waals surface area contributed by atoms with Crippen molar-refractivity contribution in [2.24, 2.45) is 40.2 Å². The Morgan fingerprint density at radius 1 is 1.10 bits per heavy atom. The molecule has 116 valence electrons. The van der Waals surface area contributed by atoms with Crippen molar-refractivity contribution in [1.29, 1.82) is 0 Å². The van der Waals surface area contributed by atoms with Crippen LogP contribution in [0.3, 0.4) is 0 Å². The molecular weight excluding hydrogens is 258 g/mol. The second-order valence-corrected chi connectivity index (χ2v) is 8.75. The Balaban J connectivity index is 1.68. The van der Waals surface area contributed by atoms with Crippen LogP contribution in [0, 0.1) is 34.5 Å². The molecule has 7 atom stereocenters. The van der Waals surface area contributed by atoms with Gasteiger partial charge in [-0.25, -0.2) is 0 Å². The number of carbonyl (C=O) groups excluding carboxylic acids is 1. The van der Waals surface area contributed by atoms with Gasteiger partial charge in [-0.3, -0.25) is 4.79 Å². The highest BCUT2D eigenvalue weighted by molar-refractivity contribution is 5.91. The summed E-state index contributed by atoms with van der Waals surface area (Å²) in [5.74, 6) is 3.39. The van der Waals surface area contributed by atoms with Gasteiger partial charge in [0.1, 0.15) is 0 Å². The van der Waals surface area contributed by atoms with Gasteiger partial charge in [0.05, 0.1) is 0 Å². The fourth-order valence-electron chi connectivity index (χ4n) is 6.68. The molecule has 0 aromatic carbocycles. The Morgan fingerprint density at radius 2 is 1.90 bits per heavy atom. The molecule has 0 saturated heterocycles. The third-order valence-corrected chi connectivity index (χ3v) is 8.11. The van der Waals surface area contributed by atoms with Crippen molar-refractivity contribution in [3.8, 4) is 0 Å². The highest BCUT2D eigenvalue weighted by atomic mass is 16.1. The second-order valence-electron chi connectivity index (χ2n) is 8.75. The lowest BCUT2D eigenvalue weighted by Crippen LogP contribution is -2.53. The van der Waals surface area contributed by atoms with Crippen LogP contribution >= 0.6 is 0 Å². The van der Waals surface area contributed by atoms with E-state index in [1.54, 1.807) is 0 Å². The smallest absolute Gasteiger partial charge is 0.155 e. The Hall–Kier alpha value is -0.630. The molecule has 2 nitrogen and oxygen atoms in total. The van der Waals surface area contributed by atoms with Crippen molar-refractivity contribution in [2.75, 3.05) is 0 Å². The van der Waals surface area contributed by atoms with Gasteiger partial charge >= 0.3 is 0 Å². The summed E-state index contributed by atoms with van der Waals surface area (Å²) in [7, 11) is 0. The quantitative estimate of drug-likeness (QED) is 0.738. The first-order valence-electron chi connectivity index (χ1n) is 8.93. The first kappa shape index (κ1) is 14.0. The number of nitrogens with two attached hydrogens (primary N) is 1. The molecule has 4 aliphatic rings. The van der Waals surface area contributed by atoms with Gasteiger partial charge in [0.25, 0.3) is 0 Å². The number of fused-ring (bicyclic) bond motifs is 5. The molecule has 4 aliphatic carbocycles. The predicted molar refractivity (Wildman–Crippen MR) is 84.6 cm³/mol. The minimum atomic E-state index is 0.269. The average molecular weight is 287 g/mol. The Morgan fingerprint density at radius 3 is 2.71 bits per heavy atom. The van der Waals surface area contributed by atoms with Gasteiger partial charge in [-0.15, -0.1) is 0 Å². The monoisotopic (exact) mass is 287 g/mol. The lowest BCUT2D eigenvalue weighted by molar-refractivity contribution is -0.121. The SMILES string of the molecule is C[C@]12C=CC(=O)CC1CC[C@@H]1[C@H]2CC[C@]2(C)C(N)CC[C@@H]12. The molecular formula is C19H29NO. The van der Waals surface area contributed by atoms with Crippen LogP contribution in [0.15, 0.2) is 12.2 Å². The van der Waals surface area contributed by atoms with Crippen LogP contribution in [0.5, 0.6) is 0 Å². The van der Waals surface area contributed by atoms with E-state index < -0.39 is 0 Å². The third kappa shape index (κ3) is 1.78. The van der Waals surface area contributed by atoms with Crippen molar-refractivity contribution >= 4 is 5.78 Å². The van der Waals surface area contributed by atoms with E-state index in [4.69, 9.17) is 5.73 Å². The van der Waals surface area contributed by atoms with E-state index in [2.05, 4.69) is 19.9 Å². The Bertz CT molecular complexity index is 498. The predicted octanol–water partition coefficient (Wildman–Crippen LogP) is 3.70. The van der Waals surface area contributed by atoms with Gasteiger partial charge in [0, 0.05) is 12.5 Å². The van der Waals surface area contributed by atoms with E-state index in [9.17, 15) is 4.79 Å². The van der Waals surface area contributed by atoms with Crippen molar-refractivity contribution < 1.29 is 4.79 Å². The first-order valence-corrected chi connectivity index (χ1v) is 8.93. The summed E-state index contributed by atoms with van der Waals surface area (Å²) < 4.78 is 0. The number of carbonyl (C=O) groups is 1. The molecule has 4 rings (SSSR count). The summed E-state index contributed by atoms with van der Waals surface area (Å²) in [6.45, 7) is 4.90. The molecule has 2 heteroatoms. The molecule has 0 amide bonds. The summed E-state index contributed by atoms with van der Waals surface area (Å²) in [6.07, 6.45) is 12.7. The van der Waals surface area contributed by atoms with Crippen LogP contribution in [0.2, 0.25) is 0 Å². The molecule has 0 aromatic heterocycles. The van der Waals surface area contributed by atoms with E-state index in [-0.39, 0.29) is 5.41 Å². The van der Waals surface area contributed by atoms with E-state index in [1.165, 1.54) is 38.5 Å². The normalized spacial score (nSPS) is 55.8. The van der Waals surface area contributed by atoms with Crippen molar-refractivity contribution in [3.63, 3.8) is 0 Å². The molecule has 21 heavy (non-hydrogen) atoms. The zero-order valence-corrected chi connectivity index (χ0v) is 13.5. The van der Waals surface area contributed by atoms with Gasteiger partial charge in [-0.1, -0.05) is 19.9 Å². The van der Waals surface area contributed by atoms with Crippen LogP contribution in [0.1, 0.15) is 58.8 Å². The van der Waals surface area contributed by atoms with Gasteiger partial charge < -0.3 is 5.73 Å². The number of hydrogen-bond acceptors (Lipinski definition) is 2. The maximum absolute atomic E-state index is 11.8. The Kier molecular flexibility index (Phi) is 2.96. The molecule has 0 heterocycles. The van der Waals surface area contributed by atoms with Crippen LogP contribution in [-0.4, -0.2) is 11.8 Å². The fraction of sp³-hybridized carbons (Fsp3) is 0.842. The molecule has 0 bridgehead atoms. The third-order valence-electron chi connectivity index (χ3n) is 8.11. The van der Waals surface area contributed by atoms with E-state index >= 15 is 0 Å². The second kappa shape index (κ2) is 4.44. The van der Waals surface area contributed by atoms with Gasteiger partial charge in [0.15, 0.2) is 5.78 Å². The molecule has 2 unspecified atom stereocenters. The molecule has 0 aromatic rings. The molecule has 2 N–H and O–H groups in total. The van der Waals surface area contributed by atoms with Gasteiger partial charge in [-0.2, -0.15) is 0 Å². The maximum atomic E-state index is 11.8. The maximum Gasteiger partial charge on any atom is 0.155 e. The number of hydrogen-bond donors (Lipinski definition) is 1. The lowest BCUT2D eigenvalue weighted by Gasteiger charge is -2.58. The molecule has 0 radical (unpaired) electrons. The molecule has 3 saturated carbocycles. The van der Waals surface area contributed by atoms with E-state index in [0.29, 0.717) is 23.2 Å². The van der Waals surface area contributed by atoms with E-state index in [0.717, 1.165) is 24.2 Å². The highest BCUT2D eigenvalue weighted by Crippen LogP contribution is 2.64. The minimum absolute atomic E-state index is 0.269. The summed E-state index contributed by atoms with van der Waals surface area (Å²) in [4.78, 5) is 11.8. The number of allylic oxidation sites excluding steroid dienone is 2. The summed E-state index contributed by atoms with van der Waals surface area (Å²) in [5.41, 5.74) is 7.13. The largest absolute Gasteiger partial charge is 0.327 e. The zero-order valence-electron chi connectivity index (χ0n) is 13.5. The number of rotatable bonds is 0. The van der Waals surface area contributed by atoms with Crippen molar-refractivity contribution in [3.05, 3.63) is 12.2 Å². The molecule has 0 spiro atoms. The fourth-order valence-corrected chi connectivity index (χ4v) is 6.68. The van der Waals surface area contributed by atoms with Crippen molar-refractivity contribution in [2.45, 2.75) is 64.8 Å². The van der Waals surface area contributed by atoms with Gasteiger partial charge in [0.2, 0.25) is 0 Å². The van der Waals surface area contributed by atoms with E-state index in [1.807, 2.05) is 6.08 Å². The average Bonchev–Trinajstić information content (AvgIpc) is 2.76. The standard InChI is InChI=1S/C19H29NO/c1-18-9-7-13(21)11-12(18)3-4-14-15-5-6-17(20)19(15,2)10-8-16(14)18/h7,9,12,14-17H,3-6,8,10-11,20H2,1-2H3/t12?,14-,15-,16+,17?,18-,19-/m0/s1. The Labute approximate surface area is 128 Å². The lowest BCUT2D eigenvalue weighted by atomic mass is 9.46. The number of ketones is 1. The zero-order chi connectivity index (χ0) is 14.8. The molecule has 3 fully saturated rings. The summed E-state index contributed by atoms with van der Waals surface area (Å²) in [6, 6.07) is 0.414. The topological polar surface area (TPSA) is 43.1 Å². The highest BCUT2D eigenvalue weighted by Gasteiger charge is 2.58. The van der Waals surface area contributed by atoms with Crippen LogP contribution < -0.4 is 5.73 Å². The van der Waals surface area contributed by atoms with Crippen LogP contribution in [0.4, 0.5) is 0 Å². The van der Waals surface area contributed by atoms with Crippen LogP contribution in [-0.2, 0) is 4.79 Å².